The van der Waals surface area contributed by atoms with Crippen LogP contribution in [-0.2, 0) is 17.1 Å². The molecule has 0 atom stereocenters. The molecule has 1 aromatic heterocycles. The quantitative estimate of drug-likeness (QED) is 0.353. The average molecular weight is 435 g/mol. The minimum atomic E-state index is 0.0609. The molecule has 0 aliphatic rings. The molecule has 6 heteroatoms. The predicted molar refractivity (Wildman–Crippen MR) is 126 cm³/mol. The highest BCUT2D eigenvalue weighted by molar-refractivity contribution is 7.99. The van der Waals surface area contributed by atoms with Crippen LogP contribution in [0.2, 0.25) is 0 Å². The lowest BCUT2D eigenvalue weighted by Gasteiger charge is -2.20. The summed E-state index contributed by atoms with van der Waals surface area (Å²) in [6.45, 7) is 0.503. The number of hydrogen-bond donors (Lipinski definition) is 0. The molecule has 0 bridgehead atoms. The maximum Gasteiger partial charge on any atom is 0.239 e. The number of carbonyl (C=O) groups is 1. The van der Waals surface area contributed by atoms with Crippen LogP contribution in [0.15, 0.2) is 78.9 Å². The Kier molecular flexibility index (Phi) is 6.67. The number of rotatable bonds is 8. The molecule has 0 spiro atoms. The number of anilines is 1. The van der Waals surface area contributed by atoms with E-state index in [1.54, 1.807) is 23.8 Å². The van der Waals surface area contributed by atoms with Crippen molar-refractivity contribution in [1.82, 2.24) is 4.98 Å². The van der Waals surface area contributed by atoms with Crippen molar-refractivity contribution in [3.8, 4) is 5.75 Å². The molecule has 0 radical (unpaired) electrons. The number of benzene rings is 3. The summed E-state index contributed by atoms with van der Waals surface area (Å²) in [5, 5.41) is 0.715. The molecule has 1 amide bonds. The topological polar surface area (TPSA) is 42.4 Å². The van der Waals surface area contributed by atoms with Crippen LogP contribution in [-0.4, -0.2) is 23.8 Å². The Hall–Kier alpha value is -2.83. The fourth-order valence-corrected chi connectivity index (χ4v) is 4.90. The van der Waals surface area contributed by atoms with Gasteiger partial charge < -0.3 is 4.74 Å². The summed E-state index contributed by atoms with van der Waals surface area (Å²) in [6, 6.07) is 26.1. The number of hydrogen-bond acceptors (Lipinski definition) is 5. The zero-order valence-electron chi connectivity index (χ0n) is 16.7. The molecule has 0 aliphatic carbocycles. The maximum atomic E-state index is 13.2. The van der Waals surface area contributed by atoms with Crippen molar-refractivity contribution in [2.75, 3.05) is 17.8 Å². The fourth-order valence-electron chi connectivity index (χ4n) is 3.07. The number of carbonyl (C=O) groups excluding carboxylic acids is 1. The van der Waals surface area contributed by atoms with Gasteiger partial charge in [0.15, 0.2) is 5.13 Å². The molecular weight excluding hydrogens is 412 g/mol. The van der Waals surface area contributed by atoms with Gasteiger partial charge in [0.2, 0.25) is 5.91 Å². The van der Waals surface area contributed by atoms with E-state index in [2.05, 4.69) is 12.1 Å². The zero-order valence-corrected chi connectivity index (χ0v) is 18.3. The lowest BCUT2D eigenvalue weighted by molar-refractivity contribution is -0.116. The van der Waals surface area contributed by atoms with Gasteiger partial charge in [0.05, 0.1) is 29.6 Å². The second-order valence-corrected chi connectivity index (χ2v) is 8.77. The largest absolute Gasteiger partial charge is 0.497 e. The highest BCUT2D eigenvalue weighted by Crippen LogP contribution is 2.32. The first kappa shape index (κ1) is 20.4. The van der Waals surface area contributed by atoms with Crippen LogP contribution in [0.5, 0.6) is 5.75 Å². The van der Waals surface area contributed by atoms with E-state index in [1.165, 1.54) is 16.9 Å². The van der Waals surface area contributed by atoms with Gasteiger partial charge >= 0.3 is 0 Å². The summed E-state index contributed by atoms with van der Waals surface area (Å²) in [7, 11) is 1.64. The summed E-state index contributed by atoms with van der Waals surface area (Å²) < 4.78 is 6.35. The third-order valence-corrected chi connectivity index (χ3v) is 6.68. The van der Waals surface area contributed by atoms with E-state index in [9.17, 15) is 4.79 Å². The highest BCUT2D eigenvalue weighted by Gasteiger charge is 2.20. The number of nitrogens with zero attached hydrogens (tertiary/aromatic N) is 2. The Morgan fingerprint density at radius 2 is 1.70 bits per heavy atom. The van der Waals surface area contributed by atoms with Crippen molar-refractivity contribution in [3.05, 3.63) is 90.0 Å². The SMILES string of the molecule is COc1ccc2sc(N(Cc3ccccc3)C(=O)CSCc3ccccc3)nc2c1. The molecule has 4 rings (SSSR count). The van der Waals surface area contributed by atoms with E-state index in [0.717, 1.165) is 27.3 Å². The standard InChI is InChI=1S/C24H22N2O2S2/c1-28-20-12-13-22-21(14-20)25-24(30-22)26(15-18-8-4-2-5-9-18)23(27)17-29-16-19-10-6-3-7-11-19/h2-14H,15-17H2,1H3. The monoisotopic (exact) mass is 434 g/mol. The number of thioether (sulfide) groups is 1. The lowest BCUT2D eigenvalue weighted by atomic mass is 10.2. The first-order chi connectivity index (χ1) is 14.7. The Balaban J connectivity index is 1.55. The van der Waals surface area contributed by atoms with E-state index >= 15 is 0 Å². The molecule has 0 saturated carbocycles. The Bertz CT molecular complexity index is 1110. The minimum absolute atomic E-state index is 0.0609. The van der Waals surface area contributed by atoms with E-state index in [4.69, 9.17) is 9.72 Å². The van der Waals surface area contributed by atoms with Gasteiger partial charge in [-0.25, -0.2) is 4.98 Å². The van der Waals surface area contributed by atoms with Gasteiger partial charge in [0.25, 0.3) is 0 Å². The van der Waals surface area contributed by atoms with Crippen molar-refractivity contribution in [3.63, 3.8) is 0 Å². The van der Waals surface area contributed by atoms with Crippen molar-refractivity contribution in [2.24, 2.45) is 0 Å². The van der Waals surface area contributed by atoms with Gasteiger partial charge in [-0.3, -0.25) is 9.69 Å². The molecule has 0 N–H and O–H groups in total. The Morgan fingerprint density at radius 1 is 1.00 bits per heavy atom. The molecule has 4 aromatic rings. The lowest BCUT2D eigenvalue weighted by Crippen LogP contribution is -2.31. The first-order valence-corrected chi connectivity index (χ1v) is 11.6. The molecule has 30 heavy (non-hydrogen) atoms. The Labute approximate surface area is 184 Å². The van der Waals surface area contributed by atoms with E-state index in [1.807, 2.05) is 66.7 Å². The van der Waals surface area contributed by atoms with Crippen LogP contribution in [0.1, 0.15) is 11.1 Å². The van der Waals surface area contributed by atoms with Crippen LogP contribution in [0.25, 0.3) is 10.2 Å². The number of aromatic nitrogens is 1. The number of fused-ring (bicyclic) bond motifs is 1. The number of thiazole rings is 1. The van der Waals surface area contributed by atoms with Crippen LogP contribution < -0.4 is 9.64 Å². The van der Waals surface area contributed by atoms with Crippen LogP contribution >= 0.6 is 23.1 Å². The summed E-state index contributed by atoms with van der Waals surface area (Å²) in [5.41, 5.74) is 3.14. The molecule has 3 aromatic carbocycles. The molecule has 0 aliphatic heterocycles. The van der Waals surface area contributed by atoms with Crippen LogP contribution in [0.3, 0.4) is 0 Å². The smallest absolute Gasteiger partial charge is 0.239 e. The van der Waals surface area contributed by atoms with Gasteiger partial charge in [0.1, 0.15) is 5.75 Å². The predicted octanol–water partition coefficient (Wildman–Crippen LogP) is 5.77. The summed E-state index contributed by atoms with van der Waals surface area (Å²) in [6.07, 6.45) is 0. The second kappa shape index (κ2) is 9.78. The van der Waals surface area contributed by atoms with Crippen LogP contribution in [0, 0.1) is 0 Å². The molecular formula is C24H22N2O2S2. The van der Waals surface area contributed by atoms with Crippen LogP contribution in [0.4, 0.5) is 5.13 Å². The van der Waals surface area contributed by atoms with Gasteiger partial charge in [-0.2, -0.15) is 0 Å². The van der Waals surface area contributed by atoms with Crippen molar-refractivity contribution in [1.29, 1.82) is 0 Å². The van der Waals surface area contributed by atoms with E-state index in [-0.39, 0.29) is 5.91 Å². The Morgan fingerprint density at radius 3 is 2.40 bits per heavy atom. The molecule has 0 unspecified atom stereocenters. The molecule has 4 nitrogen and oxygen atoms in total. The summed E-state index contributed by atoms with van der Waals surface area (Å²) in [5.74, 6) is 2.04. The number of amides is 1. The normalized spacial score (nSPS) is 10.8. The van der Waals surface area contributed by atoms with Gasteiger partial charge in [-0.05, 0) is 23.3 Å². The molecule has 1 heterocycles. The van der Waals surface area contributed by atoms with Gasteiger partial charge in [0, 0.05) is 11.8 Å². The first-order valence-electron chi connectivity index (χ1n) is 9.63. The molecule has 0 saturated heterocycles. The summed E-state index contributed by atoms with van der Waals surface area (Å²) in [4.78, 5) is 19.7. The second-order valence-electron chi connectivity index (χ2n) is 6.77. The van der Waals surface area contributed by atoms with Crippen molar-refractivity contribution >= 4 is 44.4 Å². The zero-order chi connectivity index (χ0) is 20.8. The molecule has 0 fully saturated rings. The summed E-state index contributed by atoms with van der Waals surface area (Å²) >= 11 is 3.16. The van der Waals surface area contributed by atoms with E-state index in [0.29, 0.717) is 17.4 Å². The fraction of sp³-hybridized carbons (Fsp3) is 0.167. The highest BCUT2D eigenvalue weighted by atomic mass is 32.2. The minimum Gasteiger partial charge on any atom is -0.497 e. The molecule has 152 valence electrons. The maximum absolute atomic E-state index is 13.2. The third-order valence-electron chi connectivity index (χ3n) is 4.64. The van der Waals surface area contributed by atoms with Gasteiger partial charge in [-0.1, -0.05) is 72.0 Å². The average Bonchev–Trinajstić information content (AvgIpc) is 3.21. The number of ether oxygens (including phenoxy) is 1. The van der Waals surface area contributed by atoms with Crippen molar-refractivity contribution in [2.45, 2.75) is 12.3 Å². The van der Waals surface area contributed by atoms with E-state index < -0.39 is 0 Å². The third kappa shape index (κ3) is 5.01. The number of methoxy groups -OCH3 is 1. The van der Waals surface area contributed by atoms with Crippen molar-refractivity contribution < 1.29 is 9.53 Å². The van der Waals surface area contributed by atoms with Gasteiger partial charge in [-0.15, -0.1) is 11.8 Å².